The molecule has 0 fully saturated rings. The van der Waals surface area contributed by atoms with Gasteiger partial charge in [-0.2, -0.15) is 0 Å². The van der Waals surface area contributed by atoms with Crippen LogP contribution in [0.15, 0.2) is 0 Å². The van der Waals surface area contributed by atoms with Crippen LogP contribution < -0.4 is 30.8 Å². The molecule has 0 aliphatic heterocycles. The van der Waals surface area contributed by atoms with Crippen molar-refractivity contribution in [3.63, 3.8) is 0 Å². The van der Waals surface area contributed by atoms with Crippen molar-refractivity contribution in [1.29, 1.82) is 0 Å². The Morgan fingerprint density at radius 1 is 0.281 bits per heavy atom. The smallest absolute Gasteiger partial charge is 0.736 e. The minimum atomic E-state index is -4.42. The van der Waals surface area contributed by atoms with Gasteiger partial charge in [0.15, 0.2) is 61.8 Å². The Morgan fingerprint density at radius 2 is 0.281 bits per heavy atom. The van der Waals surface area contributed by atoms with Crippen LogP contribution in [0.1, 0.15) is 0 Å². The Balaban J connectivity index is -0.0000000356. The molecule has 0 aromatic rings. The van der Waals surface area contributed by atoms with Gasteiger partial charge in [-0.1, -0.05) is 0 Å². The van der Waals surface area contributed by atoms with Crippen molar-refractivity contribution in [2.24, 2.45) is 30.8 Å². The average molecular weight is 806 g/mol. The molecular formula is H12In2N6O18S6. The van der Waals surface area contributed by atoms with Crippen LogP contribution in [0.5, 0.6) is 0 Å². The molecule has 0 bridgehead atoms. The van der Waals surface area contributed by atoms with Gasteiger partial charge in [-0.15, -0.1) is 0 Å². The van der Waals surface area contributed by atoms with Crippen LogP contribution in [0, 0.1) is 0 Å². The van der Waals surface area contributed by atoms with E-state index in [1.807, 2.05) is 0 Å². The maximum atomic E-state index is 8.85. The number of hydrogen-bond acceptors (Lipinski definition) is 18. The van der Waals surface area contributed by atoms with Gasteiger partial charge in [-0.05, 0) is 0 Å². The van der Waals surface area contributed by atoms with E-state index in [1.165, 1.54) is 0 Å². The Bertz CT molecular complexity index is 784. The second-order valence-electron chi connectivity index (χ2n) is 2.96. The molecule has 32 heavy (non-hydrogen) atoms. The van der Waals surface area contributed by atoms with E-state index in [0.717, 1.165) is 0 Å². The zero-order valence-electron chi connectivity index (χ0n) is 14.4. The Morgan fingerprint density at radius 3 is 0.281 bits per heavy atom. The molecule has 0 aliphatic rings. The number of hydrogen-bond donors (Lipinski definition) is 6. The van der Waals surface area contributed by atoms with Crippen LogP contribution in [0.25, 0.3) is 0 Å². The summed E-state index contributed by atoms with van der Waals surface area (Å²) in [6.45, 7) is 0. The second-order valence-corrected chi connectivity index (χ2v) is 8.87. The monoisotopic (exact) mass is 806 g/mol. The van der Waals surface area contributed by atoms with E-state index in [4.69, 9.17) is 77.8 Å². The van der Waals surface area contributed by atoms with Crippen LogP contribution in [-0.4, -0.2) is 130 Å². The molecule has 32 heteroatoms. The fourth-order valence-corrected chi connectivity index (χ4v) is 0. The molecule has 24 nitrogen and oxygen atoms in total. The maximum absolute atomic E-state index is 8.85. The molecule has 192 valence electrons. The average Bonchev–Trinajstić information content (AvgIpc) is 1.94. The molecule has 0 rings (SSSR count). The SMILES string of the molecule is NS(=O)(=O)[O-].NS(=O)(=O)[O-].NS(=O)(=O)[O-].NS(=O)(=O)[O-].NS(=O)(=O)[O-].NS(=O)(=O)[O-].[In+3].[In+3]. The minimum absolute atomic E-state index is 0. The van der Waals surface area contributed by atoms with Crippen molar-refractivity contribution in [1.82, 2.24) is 0 Å². The third kappa shape index (κ3) is 30100. The van der Waals surface area contributed by atoms with Gasteiger partial charge in [0.25, 0.3) is 0 Å². The van der Waals surface area contributed by atoms with Crippen LogP contribution in [-0.2, 0) is 61.8 Å². The van der Waals surface area contributed by atoms with Gasteiger partial charge in [-0.3, -0.25) is 0 Å². The Kier molecular flexibility index (Phi) is 37.9. The van der Waals surface area contributed by atoms with Gasteiger partial charge in [0.2, 0.25) is 0 Å². The van der Waals surface area contributed by atoms with Crippen molar-refractivity contribution in [2.75, 3.05) is 0 Å². The summed E-state index contributed by atoms with van der Waals surface area (Å²) >= 11 is 0. The molecule has 0 amide bonds. The van der Waals surface area contributed by atoms with E-state index < -0.39 is 61.8 Å². The molecule has 0 heterocycles. The van der Waals surface area contributed by atoms with E-state index >= 15 is 0 Å². The number of rotatable bonds is 0. The quantitative estimate of drug-likeness (QED) is 0.124. The van der Waals surface area contributed by atoms with Crippen molar-refractivity contribution in [3.8, 4) is 0 Å². The predicted molar refractivity (Wildman–Crippen MR) is 94.8 cm³/mol. The summed E-state index contributed by atoms with van der Waals surface area (Å²) in [4.78, 5) is 0. The fraction of sp³-hybridized carbons (Fsp3) is 0. The second kappa shape index (κ2) is 22.4. The van der Waals surface area contributed by atoms with E-state index in [-0.39, 0.29) is 51.7 Å². The predicted octanol–water partition coefficient (Wildman–Crippen LogP) is -10.3. The first-order chi connectivity index (χ1) is 12.0. The molecule has 0 saturated carbocycles. The van der Waals surface area contributed by atoms with Crippen molar-refractivity contribution in [2.45, 2.75) is 0 Å². The molecule has 0 saturated heterocycles. The molecule has 0 spiro atoms. The molecule has 0 atom stereocenters. The first-order valence-corrected chi connectivity index (χ1v) is 13.2. The maximum Gasteiger partial charge on any atom is 3.00 e. The summed E-state index contributed by atoms with van der Waals surface area (Å²) < 4.78 is 159. The molecular weight excluding hydrogens is 794 g/mol. The van der Waals surface area contributed by atoms with Gasteiger partial charge in [0.05, 0.1) is 0 Å². The first-order valence-electron chi connectivity index (χ1n) is 4.41. The fourth-order valence-electron chi connectivity index (χ4n) is 0. The standard InChI is InChI=1S/2In.6H3NO3S/c;;6*1-5(2,3)4/h;;6*(H3,1,2,3,4)/q2*+3;;;;;;/p-6. The van der Waals surface area contributed by atoms with Gasteiger partial charge in [-0.25, -0.2) is 81.3 Å². The van der Waals surface area contributed by atoms with Gasteiger partial charge in [0, 0.05) is 0 Å². The van der Waals surface area contributed by atoms with Gasteiger partial charge >= 0.3 is 51.7 Å². The normalized spacial score (nSPS) is 10.9. The molecule has 0 aromatic heterocycles. The molecule has 0 aromatic carbocycles. The van der Waals surface area contributed by atoms with E-state index in [0.29, 0.717) is 0 Å². The summed E-state index contributed by atoms with van der Waals surface area (Å²) in [5.41, 5.74) is 0. The molecule has 0 radical (unpaired) electrons. The molecule has 12 N–H and O–H groups in total. The van der Waals surface area contributed by atoms with Crippen molar-refractivity contribution in [3.05, 3.63) is 0 Å². The zero-order valence-corrected chi connectivity index (χ0v) is 25.9. The molecule has 0 aliphatic carbocycles. The third-order valence-electron chi connectivity index (χ3n) is 0. The van der Waals surface area contributed by atoms with Crippen LogP contribution in [0.2, 0.25) is 0 Å². The van der Waals surface area contributed by atoms with E-state index in [2.05, 4.69) is 30.8 Å². The summed E-state index contributed by atoms with van der Waals surface area (Å²) in [6, 6.07) is 0. The summed E-state index contributed by atoms with van der Waals surface area (Å²) in [7, 11) is -26.5. The third-order valence-corrected chi connectivity index (χ3v) is 0. The summed E-state index contributed by atoms with van der Waals surface area (Å²) in [6.07, 6.45) is 0. The Hall–Kier alpha value is 0.960. The zero-order chi connectivity index (χ0) is 27.0. The van der Waals surface area contributed by atoms with Crippen LogP contribution in [0.4, 0.5) is 0 Å². The Labute approximate surface area is 220 Å². The number of nitrogens with two attached hydrogens (primary N) is 6. The largest absolute Gasteiger partial charge is 3.00 e. The first kappa shape index (κ1) is 54.0. The van der Waals surface area contributed by atoms with Crippen LogP contribution >= 0.6 is 0 Å². The minimum Gasteiger partial charge on any atom is -0.736 e. The van der Waals surface area contributed by atoms with E-state index in [9.17, 15) is 0 Å². The van der Waals surface area contributed by atoms with Crippen LogP contribution in [0.3, 0.4) is 0 Å². The summed E-state index contributed by atoms with van der Waals surface area (Å²) in [5.74, 6) is 0. The topological polar surface area (TPSA) is 499 Å². The van der Waals surface area contributed by atoms with Gasteiger partial charge in [0.1, 0.15) is 0 Å². The molecule has 0 unspecified atom stereocenters. The summed E-state index contributed by atoms with van der Waals surface area (Å²) in [5, 5.41) is 22.6. The van der Waals surface area contributed by atoms with E-state index in [1.54, 1.807) is 0 Å². The van der Waals surface area contributed by atoms with Crippen molar-refractivity contribution >= 4 is 114 Å². The van der Waals surface area contributed by atoms with Crippen molar-refractivity contribution < 1.29 is 77.8 Å². The van der Waals surface area contributed by atoms with Gasteiger partial charge < -0.3 is 27.3 Å².